The van der Waals surface area contributed by atoms with Gasteiger partial charge in [-0.05, 0) is 61.1 Å². The number of morpholine rings is 1. The highest BCUT2D eigenvalue weighted by atomic mass is 19.1. The minimum absolute atomic E-state index is 0.137. The molecular formula is C24H28FN5O7. The van der Waals surface area contributed by atoms with Crippen molar-refractivity contribution in [2.24, 2.45) is 4.99 Å². The highest BCUT2D eigenvalue weighted by Gasteiger charge is 2.30. The van der Waals surface area contributed by atoms with E-state index in [2.05, 4.69) is 9.98 Å². The Bertz CT molecular complexity index is 1250. The number of aromatic nitrogens is 1. The summed E-state index contributed by atoms with van der Waals surface area (Å²) in [6, 6.07) is 4.07. The molecule has 1 aromatic carbocycles. The number of rotatable bonds is 4. The molecule has 0 spiro atoms. The number of hydrogen-bond acceptors (Lipinski definition) is 7. The molecule has 12 nitrogen and oxygen atoms in total. The Morgan fingerprint density at radius 2 is 2.00 bits per heavy atom. The van der Waals surface area contributed by atoms with Crippen molar-refractivity contribution >= 4 is 29.1 Å². The Balaban J connectivity index is 0.000000747. The van der Waals surface area contributed by atoms with E-state index in [0.29, 0.717) is 67.4 Å². The monoisotopic (exact) mass is 517 g/mol. The van der Waals surface area contributed by atoms with E-state index >= 15 is 0 Å². The number of amides is 1. The van der Waals surface area contributed by atoms with E-state index in [1.54, 1.807) is 11.0 Å². The lowest BCUT2D eigenvalue weighted by Crippen LogP contribution is -2.50. The molecule has 5 rings (SSSR count). The number of H-pyrrole nitrogens is 1. The van der Waals surface area contributed by atoms with Gasteiger partial charge < -0.3 is 24.8 Å². The van der Waals surface area contributed by atoms with Crippen molar-refractivity contribution in [3.8, 4) is 0 Å². The number of ether oxygens (including phenoxy) is 1. The molecule has 37 heavy (non-hydrogen) atoms. The Morgan fingerprint density at radius 1 is 1.30 bits per heavy atom. The molecule has 13 heteroatoms. The van der Waals surface area contributed by atoms with Gasteiger partial charge in [-0.2, -0.15) is 0 Å². The number of aliphatic hydroxyl groups is 1. The van der Waals surface area contributed by atoms with Gasteiger partial charge in [0, 0.05) is 36.6 Å². The summed E-state index contributed by atoms with van der Waals surface area (Å²) in [7, 11) is 0. The van der Waals surface area contributed by atoms with Crippen molar-refractivity contribution in [2.75, 3.05) is 39.4 Å². The topological polar surface area (TPSA) is 165 Å². The molecule has 4 heterocycles. The van der Waals surface area contributed by atoms with Gasteiger partial charge in [-0.1, -0.05) is 0 Å². The third-order valence-corrected chi connectivity index (χ3v) is 6.56. The zero-order valence-electron chi connectivity index (χ0n) is 20.2. The molecule has 1 aromatic heterocycles. The predicted molar refractivity (Wildman–Crippen MR) is 127 cm³/mol. The van der Waals surface area contributed by atoms with Gasteiger partial charge in [-0.25, -0.2) is 14.8 Å². The van der Waals surface area contributed by atoms with E-state index in [0.717, 1.165) is 17.7 Å². The van der Waals surface area contributed by atoms with Crippen LogP contribution in [0.15, 0.2) is 23.2 Å². The van der Waals surface area contributed by atoms with E-state index in [1.807, 2.05) is 11.8 Å². The zero-order chi connectivity index (χ0) is 26.7. The van der Waals surface area contributed by atoms with Crippen LogP contribution in [0.5, 0.6) is 0 Å². The SMILES string of the molecule is Cc1c(/C=C2\C([O-])=Nc3ccc(F)cc32)[nH]c2c1C(=O)N(C[C@H](O)N1CCOCC1)CCC2.O=[N+](O)O. The van der Waals surface area contributed by atoms with E-state index in [1.165, 1.54) is 18.2 Å². The van der Waals surface area contributed by atoms with Crippen LogP contribution in [-0.2, 0) is 11.2 Å². The number of aliphatic hydroxyl groups excluding tert-OH is 1. The largest absolute Gasteiger partial charge is 0.858 e. The van der Waals surface area contributed by atoms with Crippen molar-refractivity contribution in [3.63, 3.8) is 0 Å². The van der Waals surface area contributed by atoms with Crippen LogP contribution in [-0.4, -0.2) is 92.8 Å². The molecule has 198 valence electrons. The van der Waals surface area contributed by atoms with Crippen LogP contribution in [0, 0.1) is 17.6 Å². The summed E-state index contributed by atoms with van der Waals surface area (Å²) in [4.78, 5) is 32.8. The number of nitrogens with one attached hydrogen (secondary N) is 1. The van der Waals surface area contributed by atoms with E-state index < -0.39 is 23.0 Å². The summed E-state index contributed by atoms with van der Waals surface area (Å²) >= 11 is 0. The Labute approximate surface area is 211 Å². The number of aliphatic imine (C=N–C) groups is 1. The van der Waals surface area contributed by atoms with Crippen molar-refractivity contribution in [1.82, 2.24) is 14.8 Å². The maximum atomic E-state index is 13.8. The quantitative estimate of drug-likeness (QED) is 0.436. The summed E-state index contributed by atoms with van der Waals surface area (Å²) in [5.74, 6) is -1.00. The van der Waals surface area contributed by atoms with Gasteiger partial charge in [0.1, 0.15) is 17.0 Å². The Hall–Kier alpha value is -3.81. The number of hydrogen-bond donors (Lipinski definition) is 4. The molecule has 0 radical (unpaired) electrons. The molecule has 2 aromatic rings. The Kier molecular flexibility index (Phi) is 7.86. The number of carbonyl (C=O) groups excluding carboxylic acids is 1. The van der Waals surface area contributed by atoms with Gasteiger partial charge in [0.2, 0.25) is 0 Å². The highest BCUT2D eigenvalue weighted by Crippen LogP contribution is 2.36. The normalized spacial score (nSPS) is 19.4. The van der Waals surface area contributed by atoms with Crippen LogP contribution in [0.2, 0.25) is 0 Å². The van der Waals surface area contributed by atoms with E-state index in [-0.39, 0.29) is 12.5 Å². The molecule has 0 unspecified atom stereocenters. The molecule has 1 fully saturated rings. The molecule has 1 saturated heterocycles. The third kappa shape index (κ3) is 5.79. The summed E-state index contributed by atoms with van der Waals surface area (Å²) in [6.45, 7) is 5.04. The molecule has 1 amide bonds. The zero-order valence-corrected chi connectivity index (χ0v) is 20.2. The fraction of sp³-hybridized carbons (Fsp3) is 0.417. The first kappa shape index (κ1) is 26.3. The number of carbonyl (C=O) groups is 1. The second-order valence-corrected chi connectivity index (χ2v) is 8.89. The average molecular weight is 518 g/mol. The van der Waals surface area contributed by atoms with Crippen molar-refractivity contribution < 1.29 is 39.6 Å². The van der Waals surface area contributed by atoms with Gasteiger partial charge in [-0.15, -0.1) is 0 Å². The molecule has 0 aliphatic carbocycles. The van der Waals surface area contributed by atoms with Gasteiger partial charge in [0.15, 0.2) is 0 Å². The minimum atomic E-state index is -1.25. The Morgan fingerprint density at radius 3 is 2.70 bits per heavy atom. The number of fused-ring (bicyclic) bond motifs is 2. The summed E-state index contributed by atoms with van der Waals surface area (Å²) in [6.07, 6.45) is 2.34. The molecule has 1 atom stereocenters. The lowest BCUT2D eigenvalue weighted by Gasteiger charge is -2.34. The lowest BCUT2D eigenvalue weighted by atomic mass is 10.0. The van der Waals surface area contributed by atoms with Crippen LogP contribution in [0.25, 0.3) is 11.6 Å². The fourth-order valence-corrected chi connectivity index (χ4v) is 4.76. The molecular weight excluding hydrogens is 489 g/mol. The molecule has 0 saturated carbocycles. The first-order valence-corrected chi connectivity index (χ1v) is 11.8. The second kappa shape index (κ2) is 11.1. The summed E-state index contributed by atoms with van der Waals surface area (Å²) in [5, 5.41) is 35.7. The van der Waals surface area contributed by atoms with Gasteiger partial charge in [0.25, 0.3) is 5.91 Å². The first-order valence-electron chi connectivity index (χ1n) is 11.8. The maximum absolute atomic E-state index is 13.8. The van der Waals surface area contributed by atoms with Crippen molar-refractivity contribution in [3.05, 3.63) is 57.0 Å². The van der Waals surface area contributed by atoms with Crippen molar-refractivity contribution in [1.29, 1.82) is 0 Å². The van der Waals surface area contributed by atoms with Crippen LogP contribution in [0.3, 0.4) is 0 Å². The number of halogens is 1. The number of benzene rings is 1. The fourth-order valence-electron chi connectivity index (χ4n) is 4.76. The summed E-state index contributed by atoms with van der Waals surface area (Å²) < 4.78 is 19.1. The molecule has 3 aliphatic rings. The standard InChI is InChI=1S/C24H27FN4O4.H2NO3/c1-14-20(12-17-16-11-15(25)4-5-18(16)27-23(17)31)26-19-3-2-6-29(24(32)22(14)19)13-21(30)28-7-9-33-10-8-28;2-1(3)4/h4-5,11-12,21,26,30H,2-3,6-10,13H2,1H3,(H,27,31);(H2,2,3,4)/q;+1/p-1/b17-12-;/t21-;/m0./s1. The lowest BCUT2D eigenvalue weighted by molar-refractivity contribution is -0.969. The second-order valence-electron chi connectivity index (χ2n) is 8.89. The average Bonchev–Trinajstić information content (AvgIpc) is 3.27. The van der Waals surface area contributed by atoms with Crippen LogP contribution in [0.1, 0.15) is 39.3 Å². The maximum Gasteiger partial charge on any atom is 0.472 e. The molecule has 4 N–H and O–H groups in total. The highest BCUT2D eigenvalue weighted by molar-refractivity contribution is 6.27. The van der Waals surface area contributed by atoms with E-state index in [4.69, 9.17) is 20.1 Å². The number of β-amino-alcohol motifs (C(OH)–C–C–N with tert-alkyl or cyclic N) is 1. The van der Waals surface area contributed by atoms with Crippen LogP contribution < -0.4 is 5.11 Å². The van der Waals surface area contributed by atoms with Gasteiger partial charge in [-0.3, -0.25) is 14.7 Å². The van der Waals surface area contributed by atoms with Crippen LogP contribution >= 0.6 is 0 Å². The smallest absolute Gasteiger partial charge is 0.472 e. The minimum Gasteiger partial charge on any atom is -0.858 e. The van der Waals surface area contributed by atoms with E-state index in [9.17, 15) is 19.4 Å². The number of aryl methyl sites for hydroxylation is 1. The van der Waals surface area contributed by atoms with Gasteiger partial charge in [0.05, 0.1) is 31.0 Å². The number of nitrogens with zero attached hydrogens (tertiary/aromatic N) is 4. The third-order valence-electron chi connectivity index (χ3n) is 6.56. The van der Waals surface area contributed by atoms with Crippen LogP contribution in [0.4, 0.5) is 10.1 Å². The van der Waals surface area contributed by atoms with Crippen molar-refractivity contribution in [2.45, 2.75) is 26.0 Å². The summed E-state index contributed by atoms with van der Waals surface area (Å²) in [5.41, 5.74) is 3.96. The van der Waals surface area contributed by atoms with Gasteiger partial charge >= 0.3 is 5.09 Å². The molecule has 3 aliphatic heterocycles. The molecule has 0 bridgehead atoms. The first-order chi connectivity index (χ1) is 17.7. The number of aromatic amines is 1. The predicted octanol–water partition coefficient (Wildman–Crippen LogP) is 0.989.